The number of carbonyl (C=O) groups excluding carboxylic acids is 1. The SMILES string of the molecule is Cc1cc(C(=O)N2CC(C)(C)c3c(Cl)cccc32)c2c(C)nn(C)c2n1. The van der Waals surface area contributed by atoms with Gasteiger partial charge in [0.1, 0.15) is 0 Å². The summed E-state index contributed by atoms with van der Waals surface area (Å²) >= 11 is 6.46. The largest absolute Gasteiger partial charge is 0.307 e. The van der Waals surface area contributed by atoms with Crippen molar-refractivity contribution in [3.63, 3.8) is 0 Å². The van der Waals surface area contributed by atoms with Gasteiger partial charge < -0.3 is 4.90 Å². The molecule has 6 heteroatoms. The Hall–Kier alpha value is -2.40. The Kier molecular flexibility index (Phi) is 3.63. The van der Waals surface area contributed by atoms with Gasteiger partial charge in [0.05, 0.1) is 16.6 Å². The topological polar surface area (TPSA) is 51.0 Å². The third-order valence-corrected chi connectivity index (χ3v) is 5.40. The van der Waals surface area contributed by atoms with E-state index in [0.29, 0.717) is 17.1 Å². The van der Waals surface area contributed by atoms with Crippen LogP contribution in [0, 0.1) is 13.8 Å². The summed E-state index contributed by atoms with van der Waals surface area (Å²) in [6.07, 6.45) is 0. The molecule has 1 amide bonds. The molecule has 0 bridgehead atoms. The second-order valence-corrected chi connectivity index (χ2v) is 8.04. The molecule has 0 atom stereocenters. The van der Waals surface area contributed by atoms with Crippen molar-refractivity contribution < 1.29 is 4.79 Å². The Morgan fingerprint density at radius 1 is 1.27 bits per heavy atom. The van der Waals surface area contributed by atoms with E-state index in [-0.39, 0.29) is 11.3 Å². The third-order valence-electron chi connectivity index (χ3n) is 5.08. The molecule has 1 aromatic carbocycles. The molecule has 0 N–H and O–H groups in total. The summed E-state index contributed by atoms with van der Waals surface area (Å²) in [5.74, 6) is -0.0364. The molecule has 1 aliphatic rings. The number of hydrogen-bond acceptors (Lipinski definition) is 3. The number of pyridine rings is 1. The van der Waals surface area contributed by atoms with Gasteiger partial charge in [0.2, 0.25) is 0 Å². The van der Waals surface area contributed by atoms with Gasteiger partial charge in [0.25, 0.3) is 5.91 Å². The molecule has 2 aromatic heterocycles. The Labute approximate surface area is 157 Å². The lowest BCUT2D eigenvalue weighted by atomic mass is 9.87. The van der Waals surface area contributed by atoms with E-state index < -0.39 is 0 Å². The van der Waals surface area contributed by atoms with Gasteiger partial charge in [-0.1, -0.05) is 31.5 Å². The average molecular weight is 369 g/mol. The molecule has 0 saturated carbocycles. The fourth-order valence-corrected chi connectivity index (χ4v) is 4.46. The van der Waals surface area contributed by atoms with Gasteiger partial charge in [-0.05, 0) is 32.0 Å². The van der Waals surface area contributed by atoms with Gasteiger partial charge in [0.15, 0.2) is 5.65 Å². The highest BCUT2D eigenvalue weighted by atomic mass is 35.5. The Morgan fingerprint density at radius 3 is 2.73 bits per heavy atom. The molecule has 0 saturated heterocycles. The van der Waals surface area contributed by atoms with Gasteiger partial charge >= 0.3 is 0 Å². The number of rotatable bonds is 1. The summed E-state index contributed by atoms with van der Waals surface area (Å²) in [5.41, 5.74) is 4.69. The molecule has 26 heavy (non-hydrogen) atoms. The number of benzene rings is 1. The summed E-state index contributed by atoms with van der Waals surface area (Å²) in [6.45, 7) is 8.64. The van der Waals surface area contributed by atoms with Crippen molar-refractivity contribution in [2.75, 3.05) is 11.4 Å². The van der Waals surface area contributed by atoms with Crippen molar-refractivity contribution >= 4 is 34.2 Å². The van der Waals surface area contributed by atoms with Crippen molar-refractivity contribution in [1.82, 2.24) is 14.8 Å². The Morgan fingerprint density at radius 2 is 2.00 bits per heavy atom. The lowest BCUT2D eigenvalue weighted by molar-refractivity contribution is 0.0987. The van der Waals surface area contributed by atoms with Crippen LogP contribution in [-0.4, -0.2) is 27.2 Å². The summed E-state index contributed by atoms with van der Waals surface area (Å²) in [7, 11) is 1.85. The van der Waals surface area contributed by atoms with Crippen molar-refractivity contribution in [2.24, 2.45) is 7.05 Å². The molecule has 0 unspecified atom stereocenters. The second-order valence-electron chi connectivity index (χ2n) is 7.63. The number of fused-ring (bicyclic) bond motifs is 2. The van der Waals surface area contributed by atoms with E-state index >= 15 is 0 Å². The number of carbonyl (C=O) groups is 1. The predicted octanol–water partition coefficient (Wildman–Crippen LogP) is 4.18. The van der Waals surface area contributed by atoms with Crippen LogP contribution in [0.4, 0.5) is 5.69 Å². The average Bonchev–Trinajstić information content (AvgIpc) is 3.00. The van der Waals surface area contributed by atoms with Gasteiger partial charge in [-0.15, -0.1) is 0 Å². The van der Waals surface area contributed by atoms with Crippen molar-refractivity contribution in [2.45, 2.75) is 33.1 Å². The van der Waals surface area contributed by atoms with Gasteiger partial charge in [-0.2, -0.15) is 5.10 Å². The molecule has 0 spiro atoms. The van der Waals surface area contributed by atoms with Gasteiger partial charge in [0, 0.05) is 41.0 Å². The zero-order valence-electron chi connectivity index (χ0n) is 15.6. The monoisotopic (exact) mass is 368 g/mol. The normalized spacial score (nSPS) is 15.5. The number of halogens is 1. The molecule has 5 nitrogen and oxygen atoms in total. The maximum Gasteiger partial charge on any atom is 0.259 e. The molecule has 3 aromatic rings. The number of aromatic nitrogens is 3. The van der Waals surface area contributed by atoms with Crippen LogP contribution in [0.15, 0.2) is 24.3 Å². The molecule has 0 aliphatic carbocycles. The van der Waals surface area contributed by atoms with Gasteiger partial charge in [-0.3, -0.25) is 9.48 Å². The molecule has 0 fully saturated rings. The van der Waals surface area contributed by atoms with E-state index in [0.717, 1.165) is 33.7 Å². The maximum atomic E-state index is 13.6. The molecule has 4 rings (SSSR count). The first-order chi connectivity index (χ1) is 12.2. The van der Waals surface area contributed by atoms with Gasteiger partial charge in [-0.25, -0.2) is 4.98 Å². The highest BCUT2D eigenvalue weighted by Crippen LogP contribution is 2.45. The standard InChI is InChI=1S/C20H21ClN4O/c1-11-9-13(16-12(2)23-24(5)18(16)22-11)19(26)25-10-20(3,4)17-14(21)7-6-8-15(17)25/h6-9H,10H2,1-5H3. The number of amides is 1. The Balaban J connectivity index is 1.91. The quantitative estimate of drug-likeness (QED) is 0.647. The first-order valence-corrected chi connectivity index (χ1v) is 9.00. The molecular weight excluding hydrogens is 348 g/mol. The second kappa shape index (κ2) is 5.55. The summed E-state index contributed by atoms with van der Waals surface area (Å²) in [4.78, 5) is 20.0. The number of aryl methyl sites for hydroxylation is 3. The maximum absolute atomic E-state index is 13.6. The van der Waals surface area contributed by atoms with Crippen LogP contribution in [-0.2, 0) is 12.5 Å². The molecule has 134 valence electrons. The fourth-order valence-electron chi connectivity index (χ4n) is 4.03. The van der Waals surface area contributed by atoms with Crippen LogP contribution in [0.5, 0.6) is 0 Å². The number of nitrogens with zero attached hydrogens (tertiary/aromatic N) is 4. The summed E-state index contributed by atoms with van der Waals surface area (Å²) in [6, 6.07) is 7.60. The zero-order chi connectivity index (χ0) is 18.8. The van der Waals surface area contributed by atoms with Crippen LogP contribution in [0.2, 0.25) is 5.02 Å². The smallest absolute Gasteiger partial charge is 0.259 e. The number of hydrogen-bond donors (Lipinski definition) is 0. The Bertz CT molecular complexity index is 1070. The first kappa shape index (κ1) is 17.0. The lowest BCUT2D eigenvalue weighted by Crippen LogP contribution is -2.34. The minimum atomic E-state index is -0.200. The lowest BCUT2D eigenvalue weighted by Gasteiger charge is -2.21. The van der Waals surface area contributed by atoms with Crippen molar-refractivity contribution in [1.29, 1.82) is 0 Å². The van der Waals surface area contributed by atoms with Crippen LogP contribution in [0.1, 0.15) is 41.2 Å². The van der Waals surface area contributed by atoms with E-state index in [1.807, 2.05) is 50.1 Å². The van der Waals surface area contributed by atoms with E-state index in [9.17, 15) is 4.79 Å². The predicted molar refractivity (Wildman–Crippen MR) is 104 cm³/mol. The summed E-state index contributed by atoms with van der Waals surface area (Å²) < 4.78 is 1.73. The molecule has 0 radical (unpaired) electrons. The highest BCUT2D eigenvalue weighted by molar-refractivity contribution is 6.32. The van der Waals surface area contributed by atoms with E-state index in [1.54, 1.807) is 4.68 Å². The van der Waals surface area contributed by atoms with Crippen LogP contribution >= 0.6 is 11.6 Å². The van der Waals surface area contributed by atoms with Crippen molar-refractivity contribution in [3.05, 3.63) is 51.8 Å². The van der Waals surface area contributed by atoms with Crippen LogP contribution in [0.3, 0.4) is 0 Å². The van der Waals surface area contributed by atoms with E-state index in [2.05, 4.69) is 23.9 Å². The van der Waals surface area contributed by atoms with E-state index in [1.165, 1.54) is 0 Å². The minimum Gasteiger partial charge on any atom is -0.307 e. The highest BCUT2D eigenvalue weighted by Gasteiger charge is 2.40. The first-order valence-electron chi connectivity index (χ1n) is 8.62. The van der Waals surface area contributed by atoms with Crippen LogP contribution < -0.4 is 4.90 Å². The van der Waals surface area contributed by atoms with E-state index in [4.69, 9.17) is 11.6 Å². The zero-order valence-corrected chi connectivity index (χ0v) is 16.3. The molecule has 3 heterocycles. The summed E-state index contributed by atoms with van der Waals surface area (Å²) in [5, 5.41) is 5.97. The fraction of sp³-hybridized carbons (Fsp3) is 0.350. The third kappa shape index (κ3) is 2.34. The van der Waals surface area contributed by atoms with Crippen molar-refractivity contribution in [3.8, 4) is 0 Å². The molecular formula is C20H21ClN4O. The number of anilines is 1. The minimum absolute atomic E-state index is 0.0364. The molecule has 1 aliphatic heterocycles. The van der Waals surface area contributed by atoms with Crippen LogP contribution in [0.25, 0.3) is 11.0 Å².